The van der Waals surface area contributed by atoms with Crippen molar-refractivity contribution >= 4 is 17.9 Å². The van der Waals surface area contributed by atoms with E-state index in [2.05, 4.69) is 53.7 Å². The number of carboxylic acids is 1. The minimum atomic E-state index is -0.944. The van der Waals surface area contributed by atoms with Crippen LogP contribution in [0.5, 0.6) is 0 Å². The summed E-state index contributed by atoms with van der Waals surface area (Å²) in [6.45, 7) is 18.6. The van der Waals surface area contributed by atoms with Crippen LogP contribution in [-0.2, 0) is 23.9 Å². The van der Waals surface area contributed by atoms with E-state index >= 15 is 0 Å². The van der Waals surface area contributed by atoms with Crippen molar-refractivity contribution in [2.45, 2.75) is 119 Å². The number of fused-ring (bicyclic) bond motifs is 5. The molecule has 0 heterocycles. The fourth-order valence-corrected chi connectivity index (χ4v) is 9.50. The van der Waals surface area contributed by atoms with Crippen molar-refractivity contribution in [2.24, 2.45) is 39.4 Å². The van der Waals surface area contributed by atoms with Gasteiger partial charge in [0, 0.05) is 31.3 Å². The van der Waals surface area contributed by atoms with E-state index in [0.717, 1.165) is 38.5 Å². The third kappa shape index (κ3) is 4.77. The van der Waals surface area contributed by atoms with Crippen molar-refractivity contribution in [1.82, 2.24) is 0 Å². The van der Waals surface area contributed by atoms with E-state index in [1.165, 1.54) is 25.0 Å². The molecule has 0 spiro atoms. The van der Waals surface area contributed by atoms with E-state index in [0.29, 0.717) is 18.3 Å². The lowest BCUT2D eigenvalue weighted by molar-refractivity contribution is -0.165. The lowest BCUT2D eigenvalue weighted by Gasteiger charge is -2.61. The summed E-state index contributed by atoms with van der Waals surface area (Å²) in [7, 11) is 0. The highest BCUT2D eigenvalue weighted by molar-refractivity contribution is 5.85. The maximum Gasteiger partial charge on any atom is 0.330 e. The molecule has 4 rings (SSSR count). The van der Waals surface area contributed by atoms with Crippen LogP contribution in [0.25, 0.3) is 0 Å². The van der Waals surface area contributed by atoms with Gasteiger partial charge >= 0.3 is 17.9 Å². The number of rotatable bonds is 7. The molecule has 6 heteroatoms. The molecule has 0 aromatic rings. The molecule has 0 aliphatic heterocycles. The molecule has 0 aromatic carbocycles. The van der Waals surface area contributed by atoms with Crippen LogP contribution in [0.2, 0.25) is 0 Å². The van der Waals surface area contributed by atoms with Gasteiger partial charge in [-0.25, -0.2) is 4.79 Å². The standard InChI is InChI=1S/C34H50O6/c1-20(30(37)38)10-12-27(39-22(3)35)21(2)24-14-18-34(9)26-11-13-28-31(5,6)29(40-23(4)36)16-17-32(28,7)25(26)15-19-33(24,34)8/h10-11,15,21,24,27-29H,12-14,16-19H2,1-9H3,(H,37,38)/b20-10-/t21-,24+,27-,28-,29+,32+,33+,34-/m0/s1. The van der Waals surface area contributed by atoms with Crippen molar-refractivity contribution in [1.29, 1.82) is 0 Å². The van der Waals surface area contributed by atoms with Crippen molar-refractivity contribution in [3.8, 4) is 0 Å². The summed E-state index contributed by atoms with van der Waals surface area (Å²) < 4.78 is 11.7. The van der Waals surface area contributed by atoms with Crippen LogP contribution < -0.4 is 0 Å². The van der Waals surface area contributed by atoms with Gasteiger partial charge in [-0.3, -0.25) is 9.59 Å². The molecular weight excluding hydrogens is 504 g/mol. The molecule has 0 aromatic heterocycles. The molecule has 0 amide bonds. The Morgan fingerprint density at radius 1 is 1.00 bits per heavy atom. The second kappa shape index (κ2) is 10.5. The minimum Gasteiger partial charge on any atom is -0.478 e. The van der Waals surface area contributed by atoms with Crippen LogP contribution in [0.1, 0.15) is 107 Å². The summed E-state index contributed by atoms with van der Waals surface area (Å²) in [5, 5.41) is 9.34. The summed E-state index contributed by atoms with van der Waals surface area (Å²) in [6.07, 6.45) is 12.7. The Morgan fingerprint density at radius 2 is 1.68 bits per heavy atom. The summed E-state index contributed by atoms with van der Waals surface area (Å²) >= 11 is 0. The maximum atomic E-state index is 12.1. The zero-order valence-corrected chi connectivity index (χ0v) is 26.1. The van der Waals surface area contributed by atoms with Gasteiger partial charge in [-0.2, -0.15) is 0 Å². The molecule has 40 heavy (non-hydrogen) atoms. The normalized spacial score (nSPS) is 38.0. The van der Waals surface area contributed by atoms with Gasteiger partial charge in [0.05, 0.1) is 0 Å². The monoisotopic (exact) mass is 554 g/mol. The lowest BCUT2D eigenvalue weighted by atomic mass is 9.44. The molecule has 222 valence electrons. The molecule has 6 nitrogen and oxygen atoms in total. The smallest absolute Gasteiger partial charge is 0.330 e. The summed E-state index contributed by atoms with van der Waals surface area (Å²) in [5.74, 6) is -0.637. The van der Waals surface area contributed by atoms with Crippen molar-refractivity contribution in [2.75, 3.05) is 0 Å². The van der Waals surface area contributed by atoms with Crippen LogP contribution in [-0.4, -0.2) is 35.2 Å². The predicted molar refractivity (Wildman–Crippen MR) is 155 cm³/mol. The zero-order chi connectivity index (χ0) is 29.8. The molecular formula is C34H50O6. The third-order valence-corrected chi connectivity index (χ3v) is 12.1. The van der Waals surface area contributed by atoms with Crippen molar-refractivity contribution in [3.63, 3.8) is 0 Å². The number of aliphatic carboxylic acids is 1. The van der Waals surface area contributed by atoms with Crippen LogP contribution in [0.15, 0.2) is 34.9 Å². The predicted octanol–water partition coefficient (Wildman–Crippen LogP) is 7.43. The highest BCUT2D eigenvalue weighted by Crippen LogP contribution is 2.72. The number of hydrogen-bond donors (Lipinski definition) is 1. The first-order chi connectivity index (χ1) is 18.5. The Kier molecular flexibility index (Phi) is 8.01. The van der Waals surface area contributed by atoms with E-state index in [1.807, 2.05) is 0 Å². The molecule has 4 aliphatic carbocycles. The summed E-state index contributed by atoms with van der Waals surface area (Å²) in [4.78, 5) is 35.3. The largest absolute Gasteiger partial charge is 0.478 e. The molecule has 2 saturated carbocycles. The highest BCUT2D eigenvalue weighted by Gasteiger charge is 2.63. The van der Waals surface area contributed by atoms with Crippen LogP contribution >= 0.6 is 0 Å². The van der Waals surface area contributed by atoms with Crippen LogP contribution in [0.3, 0.4) is 0 Å². The first kappa shape index (κ1) is 30.6. The van der Waals surface area contributed by atoms with Gasteiger partial charge in [-0.05, 0) is 90.6 Å². The number of carboxylic acid groups (broad SMARTS) is 1. The number of carbonyl (C=O) groups is 3. The molecule has 1 N–H and O–H groups in total. The Hall–Kier alpha value is -2.37. The van der Waals surface area contributed by atoms with Gasteiger partial charge < -0.3 is 14.6 Å². The van der Waals surface area contributed by atoms with Crippen LogP contribution in [0, 0.1) is 39.4 Å². The number of esters is 2. The second-order valence-electron chi connectivity index (χ2n) is 14.4. The molecule has 0 unspecified atom stereocenters. The SMILES string of the molecule is CC(=O)O[C@@H](C/C=C(/C)C(=O)O)[C@@H](C)[C@H]1CC[C@@]2(C)C3=CC[C@H]4C(C)(C)[C@H](OC(C)=O)CC[C@]4(C)C3=CC[C@]12C. The van der Waals surface area contributed by atoms with E-state index in [1.54, 1.807) is 13.0 Å². The first-order valence-electron chi connectivity index (χ1n) is 15.1. The van der Waals surface area contributed by atoms with Gasteiger partial charge in [0.1, 0.15) is 12.2 Å². The van der Waals surface area contributed by atoms with E-state index < -0.39 is 5.97 Å². The Morgan fingerprint density at radius 3 is 2.27 bits per heavy atom. The average Bonchev–Trinajstić information content (AvgIpc) is 3.13. The molecule has 0 saturated heterocycles. The number of ether oxygens (including phenoxy) is 2. The molecule has 4 aliphatic rings. The maximum absolute atomic E-state index is 12.1. The van der Waals surface area contributed by atoms with E-state index in [9.17, 15) is 19.5 Å². The van der Waals surface area contributed by atoms with Gasteiger partial charge in [0.2, 0.25) is 0 Å². The third-order valence-electron chi connectivity index (χ3n) is 12.1. The average molecular weight is 555 g/mol. The minimum absolute atomic E-state index is 0.000631. The zero-order valence-electron chi connectivity index (χ0n) is 26.1. The van der Waals surface area contributed by atoms with E-state index in [4.69, 9.17) is 9.47 Å². The molecule has 0 radical (unpaired) electrons. The highest BCUT2D eigenvalue weighted by atomic mass is 16.5. The second-order valence-corrected chi connectivity index (χ2v) is 14.4. The Balaban J connectivity index is 1.66. The number of allylic oxidation sites excluding steroid dienone is 4. The topological polar surface area (TPSA) is 89.9 Å². The Labute approximate surface area is 240 Å². The summed E-state index contributed by atoms with van der Waals surface area (Å²) in [6, 6.07) is 0. The molecule has 0 bridgehead atoms. The fourth-order valence-electron chi connectivity index (χ4n) is 9.50. The van der Waals surface area contributed by atoms with Gasteiger partial charge in [0.15, 0.2) is 0 Å². The van der Waals surface area contributed by atoms with Gasteiger partial charge in [-0.15, -0.1) is 0 Å². The quantitative estimate of drug-likeness (QED) is 0.260. The van der Waals surface area contributed by atoms with Gasteiger partial charge in [0.25, 0.3) is 0 Å². The van der Waals surface area contributed by atoms with Crippen molar-refractivity contribution in [3.05, 3.63) is 34.9 Å². The van der Waals surface area contributed by atoms with Crippen LogP contribution in [0.4, 0.5) is 0 Å². The van der Waals surface area contributed by atoms with E-state index in [-0.39, 0.29) is 57.3 Å². The number of carbonyl (C=O) groups excluding carboxylic acids is 2. The fraction of sp³-hybridized carbons (Fsp3) is 0.735. The first-order valence-corrected chi connectivity index (χ1v) is 15.1. The molecule has 8 atom stereocenters. The Bertz CT molecular complexity index is 1160. The molecule has 2 fully saturated rings. The number of hydrogen-bond acceptors (Lipinski definition) is 5. The van der Waals surface area contributed by atoms with Gasteiger partial charge in [-0.1, -0.05) is 59.8 Å². The lowest BCUT2D eigenvalue weighted by Crippen LogP contribution is -2.55. The summed E-state index contributed by atoms with van der Waals surface area (Å²) in [5.41, 5.74) is 3.21. The van der Waals surface area contributed by atoms with Crippen molar-refractivity contribution < 1.29 is 29.0 Å².